The molecule has 0 radical (unpaired) electrons. The van der Waals surface area contributed by atoms with Gasteiger partial charge in [0, 0.05) is 5.56 Å². The van der Waals surface area contributed by atoms with E-state index in [-0.39, 0.29) is 11.3 Å². The van der Waals surface area contributed by atoms with Gasteiger partial charge in [0.2, 0.25) is 0 Å². The number of anilines is 1. The third-order valence-corrected chi connectivity index (χ3v) is 2.51. The molecule has 2 aromatic carbocycles. The molecular weight excluding hydrogens is 227 g/mol. The van der Waals surface area contributed by atoms with E-state index in [1.165, 1.54) is 18.2 Å². The molecule has 0 saturated heterocycles. The van der Waals surface area contributed by atoms with Crippen LogP contribution in [-0.2, 0) is 0 Å². The molecule has 0 aliphatic carbocycles. The summed E-state index contributed by atoms with van der Waals surface area (Å²) in [4.78, 5) is 0. The standard InChI is InChI=1S/C13H10F3N/c1-7-2-3-9(14)8(6-7)12-10(15)4-5-11(17)13(12)16/h2-6H,17H2,1H3. The third kappa shape index (κ3) is 1.98. The van der Waals surface area contributed by atoms with Crippen LogP contribution in [0.3, 0.4) is 0 Å². The van der Waals surface area contributed by atoms with E-state index in [0.717, 1.165) is 12.1 Å². The molecule has 0 amide bonds. The highest BCUT2D eigenvalue weighted by Crippen LogP contribution is 2.31. The summed E-state index contributed by atoms with van der Waals surface area (Å²) >= 11 is 0. The second kappa shape index (κ2) is 4.13. The molecule has 0 atom stereocenters. The van der Waals surface area contributed by atoms with Crippen LogP contribution in [0, 0.1) is 24.4 Å². The highest BCUT2D eigenvalue weighted by molar-refractivity contribution is 5.70. The molecule has 2 aromatic rings. The number of hydrogen-bond donors (Lipinski definition) is 1. The molecule has 4 heteroatoms. The van der Waals surface area contributed by atoms with Crippen LogP contribution >= 0.6 is 0 Å². The van der Waals surface area contributed by atoms with Gasteiger partial charge in [0.25, 0.3) is 0 Å². The molecule has 0 heterocycles. The molecule has 2 N–H and O–H groups in total. The monoisotopic (exact) mass is 237 g/mol. The van der Waals surface area contributed by atoms with Crippen molar-refractivity contribution >= 4 is 5.69 Å². The van der Waals surface area contributed by atoms with E-state index in [4.69, 9.17) is 5.73 Å². The molecular formula is C13H10F3N. The molecule has 17 heavy (non-hydrogen) atoms. The van der Waals surface area contributed by atoms with Crippen LogP contribution in [0.4, 0.5) is 18.9 Å². The van der Waals surface area contributed by atoms with Gasteiger partial charge < -0.3 is 5.73 Å². The van der Waals surface area contributed by atoms with Crippen LogP contribution in [-0.4, -0.2) is 0 Å². The molecule has 1 nitrogen and oxygen atoms in total. The topological polar surface area (TPSA) is 26.0 Å². The fourth-order valence-electron chi connectivity index (χ4n) is 1.65. The Kier molecular flexibility index (Phi) is 2.79. The summed E-state index contributed by atoms with van der Waals surface area (Å²) in [7, 11) is 0. The van der Waals surface area contributed by atoms with E-state index in [2.05, 4.69) is 0 Å². The second-order valence-electron chi connectivity index (χ2n) is 3.81. The van der Waals surface area contributed by atoms with E-state index < -0.39 is 23.0 Å². The fraction of sp³-hybridized carbons (Fsp3) is 0.0769. The van der Waals surface area contributed by atoms with E-state index in [0.29, 0.717) is 5.56 Å². The molecule has 0 bridgehead atoms. The van der Waals surface area contributed by atoms with E-state index in [9.17, 15) is 13.2 Å². The van der Waals surface area contributed by atoms with Crippen LogP contribution in [0.15, 0.2) is 30.3 Å². The summed E-state index contributed by atoms with van der Waals surface area (Å²) < 4.78 is 40.9. The zero-order valence-electron chi connectivity index (χ0n) is 9.10. The second-order valence-corrected chi connectivity index (χ2v) is 3.81. The number of halogens is 3. The van der Waals surface area contributed by atoms with Gasteiger partial charge in [-0.25, -0.2) is 13.2 Å². The zero-order chi connectivity index (χ0) is 12.6. The number of benzene rings is 2. The summed E-state index contributed by atoms with van der Waals surface area (Å²) in [6.07, 6.45) is 0. The number of aryl methyl sites for hydroxylation is 1. The van der Waals surface area contributed by atoms with E-state index in [1.54, 1.807) is 6.92 Å². The third-order valence-electron chi connectivity index (χ3n) is 2.51. The highest BCUT2D eigenvalue weighted by Gasteiger charge is 2.17. The van der Waals surface area contributed by atoms with Crippen LogP contribution in [0.2, 0.25) is 0 Å². The highest BCUT2D eigenvalue weighted by atomic mass is 19.1. The predicted octanol–water partition coefficient (Wildman–Crippen LogP) is 3.66. The molecule has 0 unspecified atom stereocenters. The molecule has 0 aliphatic rings. The smallest absolute Gasteiger partial charge is 0.156 e. The maximum absolute atomic E-state index is 13.7. The number of rotatable bonds is 1. The number of nitrogens with two attached hydrogens (primary N) is 1. The van der Waals surface area contributed by atoms with Crippen molar-refractivity contribution in [2.75, 3.05) is 5.73 Å². The first-order chi connectivity index (χ1) is 8.00. The maximum Gasteiger partial charge on any atom is 0.156 e. The Labute approximate surface area is 96.7 Å². The molecule has 0 spiro atoms. The predicted molar refractivity (Wildman–Crippen MR) is 60.9 cm³/mol. The summed E-state index contributed by atoms with van der Waals surface area (Å²) in [6.45, 7) is 1.71. The Hall–Kier alpha value is -1.97. The Bertz CT molecular complexity index is 579. The minimum atomic E-state index is -0.936. The van der Waals surface area contributed by atoms with Gasteiger partial charge in [0.1, 0.15) is 11.6 Å². The van der Waals surface area contributed by atoms with E-state index >= 15 is 0 Å². The lowest BCUT2D eigenvalue weighted by Crippen LogP contribution is -1.98. The Morgan fingerprint density at radius 2 is 1.59 bits per heavy atom. The molecule has 0 aliphatic heterocycles. The van der Waals surface area contributed by atoms with Crippen LogP contribution < -0.4 is 5.73 Å². The lowest BCUT2D eigenvalue weighted by molar-refractivity contribution is 0.584. The van der Waals surface area contributed by atoms with Gasteiger partial charge in [0.05, 0.1) is 11.3 Å². The Morgan fingerprint density at radius 3 is 2.29 bits per heavy atom. The number of nitrogen functional groups attached to an aromatic ring is 1. The summed E-state index contributed by atoms with van der Waals surface area (Å²) in [5.41, 5.74) is 5.31. The molecule has 0 aromatic heterocycles. The summed E-state index contributed by atoms with van der Waals surface area (Å²) in [5.74, 6) is -2.45. The maximum atomic E-state index is 13.7. The van der Waals surface area contributed by atoms with Crippen molar-refractivity contribution in [2.45, 2.75) is 6.92 Å². The largest absolute Gasteiger partial charge is 0.396 e. The van der Waals surface area contributed by atoms with Crippen LogP contribution in [0.25, 0.3) is 11.1 Å². The lowest BCUT2D eigenvalue weighted by Gasteiger charge is -2.09. The van der Waals surface area contributed by atoms with Crippen molar-refractivity contribution in [1.82, 2.24) is 0 Å². The number of hydrogen-bond acceptors (Lipinski definition) is 1. The Morgan fingerprint density at radius 1 is 0.941 bits per heavy atom. The van der Waals surface area contributed by atoms with Gasteiger partial charge in [-0.3, -0.25) is 0 Å². The van der Waals surface area contributed by atoms with E-state index in [1.807, 2.05) is 0 Å². The zero-order valence-corrected chi connectivity index (χ0v) is 9.10. The molecule has 2 rings (SSSR count). The Balaban J connectivity index is 2.76. The first-order valence-corrected chi connectivity index (χ1v) is 5.00. The first-order valence-electron chi connectivity index (χ1n) is 5.00. The van der Waals surface area contributed by atoms with Crippen molar-refractivity contribution in [3.8, 4) is 11.1 Å². The summed E-state index contributed by atoms with van der Waals surface area (Å²) in [5, 5.41) is 0. The molecule has 0 saturated carbocycles. The average molecular weight is 237 g/mol. The van der Waals surface area contributed by atoms with Crippen molar-refractivity contribution < 1.29 is 13.2 Å². The van der Waals surface area contributed by atoms with Crippen molar-refractivity contribution in [3.05, 3.63) is 53.3 Å². The van der Waals surface area contributed by atoms with Crippen molar-refractivity contribution in [3.63, 3.8) is 0 Å². The molecule has 0 fully saturated rings. The summed E-state index contributed by atoms with van der Waals surface area (Å²) in [6, 6.07) is 6.22. The van der Waals surface area contributed by atoms with Crippen LogP contribution in [0.5, 0.6) is 0 Å². The van der Waals surface area contributed by atoms with Gasteiger partial charge in [-0.1, -0.05) is 11.6 Å². The van der Waals surface area contributed by atoms with Gasteiger partial charge in [-0.15, -0.1) is 0 Å². The fourth-order valence-corrected chi connectivity index (χ4v) is 1.65. The van der Waals surface area contributed by atoms with Gasteiger partial charge in [-0.2, -0.15) is 0 Å². The lowest BCUT2D eigenvalue weighted by atomic mass is 10.0. The molecule has 88 valence electrons. The minimum Gasteiger partial charge on any atom is -0.396 e. The van der Waals surface area contributed by atoms with Crippen LogP contribution in [0.1, 0.15) is 5.56 Å². The minimum absolute atomic E-state index is 0.118. The normalized spacial score (nSPS) is 10.6. The van der Waals surface area contributed by atoms with Gasteiger partial charge in [-0.05, 0) is 31.2 Å². The van der Waals surface area contributed by atoms with Crippen molar-refractivity contribution in [1.29, 1.82) is 0 Å². The van der Waals surface area contributed by atoms with Gasteiger partial charge in [0.15, 0.2) is 5.82 Å². The van der Waals surface area contributed by atoms with Gasteiger partial charge >= 0.3 is 0 Å². The SMILES string of the molecule is Cc1ccc(F)c(-c2c(F)ccc(N)c2F)c1. The quantitative estimate of drug-likeness (QED) is 0.752. The average Bonchev–Trinajstić information content (AvgIpc) is 2.29. The van der Waals surface area contributed by atoms with Crippen molar-refractivity contribution in [2.24, 2.45) is 0 Å². The first kappa shape index (κ1) is 11.5.